The van der Waals surface area contributed by atoms with Gasteiger partial charge in [0.2, 0.25) is 0 Å². The van der Waals surface area contributed by atoms with Crippen LogP contribution in [0, 0.1) is 0 Å². The highest BCUT2D eigenvalue weighted by molar-refractivity contribution is 9.10. The first kappa shape index (κ1) is 11.7. The molecule has 1 aliphatic carbocycles. The summed E-state index contributed by atoms with van der Waals surface area (Å²) in [4.78, 5) is 4.44. The Morgan fingerprint density at radius 1 is 1.32 bits per heavy atom. The zero-order chi connectivity index (χ0) is 13.0. The van der Waals surface area contributed by atoms with Crippen LogP contribution in [0.1, 0.15) is 23.5 Å². The minimum absolute atomic E-state index is 0.143. The molecule has 96 valence electrons. The second-order valence-electron chi connectivity index (χ2n) is 5.32. The van der Waals surface area contributed by atoms with Crippen molar-refractivity contribution in [3.8, 4) is 0 Å². The summed E-state index contributed by atoms with van der Waals surface area (Å²) in [5.41, 5.74) is 2.73. The van der Waals surface area contributed by atoms with Crippen molar-refractivity contribution in [3.63, 3.8) is 0 Å². The maximum absolute atomic E-state index is 6.49. The molecule has 1 saturated carbocycles. The molecule has 0 amide bonds. The lowest BCUT2D eigenvalue weighted by Crippen LogP contribution is -2.12. The summed E-state index contributed by atoms with van der Waals surface area (Å²) >= 11 is 9.97. The average Bonchev–Trinajstić information content (AvgIpc) is 3.04. The predicted octanol–water partition coefficient (Wildman–Crippen LogP) is 4.35. The van der Waals surface area contributed by atoms with Crippen molar-refractivity contribution in [3.05, 3.63) is 57.2 Å². The molecular weight excluding hydrogens is 324 g/mol. The average molecular weight is 336 g/mol. The lowest BCUT2D eigenvalue weighted by Gasteiger charge is -2.12. The van der Waals surface area contributed by atoms with Crippen LogP contribution in [0.3, 0.4) is 0 Å². The number of hydrogen-bond donors (Lipinski definition) is 1. The third kappa shape index (κ3) is 1.58. The predicted molar refractivity (Wildman–Crippen MR) is 80.9 cm³/mol. The minimum atomic E-state index is 0.143. The first-order chi connectivity index (χ1) is 9.22. The molecule has 19 heavy (non-hydrogen) atoms. The molecular formula is C15H12BrClN2. The molecule has 4 rings (SSSR count). The van der Waals surface area contributed by atoms with E-state index in [4.69, 9.17) is 11.6 Å². The fourth-order valence-corrected chi connectivity index (χ4v) is 3.91. The molecule has 1 unspecified atom stereocenters. The Morgan fingerprint density at radius 2 is 2.11 bits per heavy atom. The summed E-state index contributed by atoms with van der Waals surface area (Å²) in [6.07, 6.45) is 2.92. The molecule has 1 aliphatic heterocycles. The van der Waals surface area contributed by atoms with Gasteiger partial charge in [0, 0.05) is 23.7 Å². The molecule has 1 fully saturated rings. The quantitative estimate of drug-likeness (QED) is 0.838. The van der Waals surface area contributed by atoms with Crippen molar-refractivity contribution in [2.45, 2.75) is 17.8 Å². The molecule has 1 N–H and O–H groups in total. The number of rotatable bonds is 1. The van der Waals surface area contributed by atoms with Gasteiger partial charge in [0.15, 0.2) is 0 Å². The number of aromatic nitrogens is 1. The van der Waals surface area contributed by atoms with E-state index in [1.54, 1.807) is 6.20 Å². The van der Waals surface area contributed by atoms with Gasteiger partial charge in [-0.05, 0) is 33.8 Å². The Morgan fingerprint density at radius 3 is 2.89 bits per heavy atom. The molecule has 2 aliphatic rings. The van der Waals surface area contributed by atoms with Crippen LogP contribution in [0.15, 0.2) is 41.0 Å². The van der Waals surface area contributed by atoms with E-state index in [-0.39, 0.29) is 5.41 Å². The van der Waals surface area contributed by atoms with Gasteiger partial charge >= 0.3 is 0 Å². The van der Waals surface area contributed by atoms with Crippen molar-refractivity contribution in [1.29, 1.82) is 0 Å². The first-order valence-electron chi connectivity index (χ1n) is 6.36. The molecule has 1 spiro atoms. The van der Waals surface area contributed by atoms with Crippen LogP contribution in [0.4, 0.5) is 5.82 Å². The van der Waals surface area contributed by atoms with Gasteiger partial charge in [0.05, 0.1) is 9.50 Å². The van der Waals surface area contributed by atoms with Gasteiger partial charge < -0.3 is 5.32 Å². The number of nitrogens with zero attached hydrogens (tertiary/aromatic N) is 1. The summed E-state index contributed by atoms with van der Waals surface area (Å²) in [7, 11) is 0. The molecule has 0 bridgehead atoms. The lowest BCUT2D eigenvalue weighted by atomic mass is 9.94. The highest BCUT2D eigenvalue weighted by Crippen LogP contribution is 2.65. The summed E-state index contributed by atoms with van der Waals surface area (Å²) in [6.45, 7) is 0.936. The van der Waals surface area contributed by atoms with Crippen LogP contribution in [-0.4, -0.2) is 11.5 Å². The van der Waals surface area contributed by atoms with Crippen molar-refractivity contribution in [2.24, 2.45) is 0 Å². The number of pyridine rings is 1. The minimum Gasteiger partial charge on any atom is -0.369 e. The normalized spacial score (nSPS) is 27.2. The molecule has 1 aromatic heterocycles. The molecule has 2 aromatic rings. The fraction of sp³-hybridized carbons (Fsp3) is 0.267. The van der Waals surface area contributed by atoms with Crippen LogP contribution in [0.2, 0.25) is 5.02 Å². The topological polar surface area (TPSA) is 24.9 Å². The van der Waals surface area contributed by atoms with Gasteiger partial charge in [0.25, 0.3) is 0 Å². The van der Waals surface area contributed by atoms with Crippen LogP contribution < -0.4 is 5.32 Å². The van der Waals surface area contributed by atoms with Gasteiger partial charge in [-0.25, -0.2) is 4.98 Å². The zero-order valence-electron chi connectivity index (χ0n) is 10.2. The third-order valence-corrected chi connectivity index (χ3v) is 5.54. The molecule has 2 heterocycles. The van der Waals surface area contributed by atoms with Gasteiger partial charge in [-0.2, -0.15) is 0 Å². The molecule has 2 nitrogen and oxygen atoms in total. The van der Waals surface area contributed by atoms with Crippen LogP contribution in [0.25, 0.3) is 0 Å². The van der Waals surface area contributed by atoms with Gasteiger partial charge in [-0.15, -0.1) is 0 Å². The molecule has 1 aromatic carbocycles. The number of hydrogen-bond acceptors (Lipinski definition) is 2. The van der Waals surface area contributed by atoms with E-state index in [9.17, 15) is 0 Å². The van der Waals surface area contributed by atoms with Crippen molar-refractivity contribution in [2.75, 3.05) is 11.9 Å². The fourth-order valence-electron chi connectivity index (χ4n) is 3.28. The SMILES string of the molecule is Clc1c(Br)cnc2c1[C@@]1(CN2)CC1c1ccccc1. The highest BCUT2D eigenvalue weighted by Gasteiger charge is 2.60. The van der Waals surface area contributed by atoms with Crippen LogP contribution >= 0.6 is 27.5 Å². The van der Waals surface area contributed by atoms with E-state index < -0.39 is 0 Å². The van der Waals surface area contributed by atoms with Crippen molar-refractivity contribution >= 4 is 33.3 Å². The number of nitrogens with one attached hydrogen (secondary N) is 1. The summed E-state index contributed by atoms with van der Waals surface area (Å²) < 4.78 is 0.884. The summed E-state index contributed by atoms with van der Waals surface area (Å²) in [5.74, 6) is 1.50. The summed E-state index contributed by atoms with van der Waals surface area (Å²) in [5, 5.41) is 4.22. The monoisotopic (exact) mass is 334 g/mol. The Kier molecular flexibility index (Phi) is 2.45. The van der Waals surface area contributed by atoms with E-state index in [1.807, 2.05) is 0 Å². The van der Waals surface area contributed by atoms with E-state index in [0.29, 0.717) is 5.92 Å². The highest BCUT2D eigenvalue weighted by atomic mass is 79.9. The molecule has 4 heteroatoms. The molecule has 0 saturated heterocycles. The maximum Gasteiger partial charge on any atom is 0.131 e. The number of fused-ring (bicyclic) bond motifs is 2. The third-order valence-electron chi connectivity index (χ3n) is 4.32. The zero-order valence-corrected chi connectivity index (χ0v) is 12.5. The van der Waals surface area contributed by atoms with E-state index >= 15 is 0 Å². The number of benzene rings is 1. The van der Waals surface area contributed by atoms with Gasteiger partial charge in [0.1, 0.15) is 5.82 Å². The first-order valence-corrected chi connectivity index (χ1v) is 7.53. The van der Waals surface area contributed by atoms with E-state index in [1.165, 1.54) is 11.1 Å². The second kappa shape index (κ2) is 3.97. The maximum atomic E-state index is 6.49. The van der Waals surface area contributed by atoms with Crippen LogP contribution in [0.5, 0.6) is 0 Å². The van der Waals surface area contributed by atoms with Gasteiger partial charge in [-0.1, -0.05) is 41.9 Å². The molecule has 2 atom stereocenters. The standard InChI is InChI=1S/C15H12BrClN2/c16-11-7-18-14-12(13(11)17)15(8-19-14)6-10(15)9-4-2-1-3-5-9/h1-5,7,10H,6,8H2,(H,18,19)/t10?,15-/m1/s1. The molecule has 0 radical (unpaired) electrons. The van der Waals surface area contributed by atoms with E-state index in [0.717, 1.165) is 28.3 Å². The Bertz CT molecular complexity index is 659. The van der Waals surface area contributed by atoms with Crippen molar-refractivity contribution < 1.29 is 0 Å². The van der Waals surface area contributed by atoms with Gasteiger partial charge in [-0.3, -0.25) is 0 Å². The Labute approximate surface area is 125 Å². The van der Waals surface area contributed by atoms with Crippen LogP contribution in [-0.2, 0) is 5.41 Å². The van der Waals surface area contributed by atoms with Crippen molar-refractivity contribution in [1.82, 2.24) is 4.98 Å². The number of anilines is 1. The summed E-state index contributed by atoms with van der Waals surface area (Å²) in [6, 6.07) is 10.7. The Balaban J connectivity index is 1.81. The smallest absolute Gasteiger partial charge is 0.131 e. The lowest BCUT2D eigenvalue weighted by molar-refractivity contribution is 0.740. The number of halogens is 2. The van der Waals surface area contributed by atoms with E-state index in [2.05, 4.69) is 56.6 Å². The second-order valence-corrected chi connectivity index (χ2v) is 6.55. The Hall–Kier alpha value is -1.06. The largest absolute Gasteiger partial charge is 0.369 e.